The minimum absolute atomic E-state index is 0.294. The molecule has 110 valence electrons. The van der Waals surface area contributed by atoms with Crippen molar-refractivity contribution in [1.29, 1.82) is 0 Å². The van der Waals surface area contributed by atoms with Crippen LogP contribution in [0.1, 0.15) is 19.3 Å². The van der Waals surface area contributed by atoms with Gasteiger partial charge in [0, 0.05) is 22.8 Å². The number of rotatable bonds is 7. The van der Waals surface area contributed by atoms with Gasteiger partial charge in [0.1, 0.15) is 17.7 Å². The van der Waals surface area contributed by atoms with E-state index in [4.69, 9.17) is 4.74 Å². The monoisotopic (exact) mass is 301 g/mol. The lowest BCUT2D eigenvalue weighted by Crippen LogP contribution is -2.39. The predicted octanol–water partition coefficient (Wildman–Crippen LogP) is 2.74. The van der Waals surface area contributed by atoms with Crippen LogP contribution in [-0.4, -0.2) is 30.9 Å². The summed E-state index contributed by atoms with van der Waals surface area (Å²) in [7, 11) is 1.36. The molecule has 20 heavy (non-hydrogen) atoms. The Hall–Kier alpha value is -1.14. The fourth-order valence-corrected chi connectivity index (χ4v) is 2.76. The summed E-state index contributed by atoms with van der Waals surface area (Å²) < 4.78 is 31.0. The number of nitrogens with one attached hydrogen (secondary N) is 1. The van der Waals surface area contributed by atoms with Crippen LogP contribution in [0.5, 0.6) is 0 Å². The van der Waals surface area contributed by atoms with Gasteiger partial charge in [-0.3, -0.25) is 4.79 Å². The van der Waals surface area contributed by atoms with E-state index in [9.17, 15) is 13.6 Å². The van der Waals surface area contributed by atoms with Crippen molar-refractivity contribution in [2.45, 2.75) is 36.2 Å². The van der Waals surface area contributed by atoms with Crippen molar-refractivity contribution < 1.29 is 18.3 Å². The second-order valence-corrected chi connectivity index (χ2v) is 5.87. The number of carbonyl (C=O) groups excluding carboxylic acids is 1. The Labute approximate surface area is 121 Å². The molecule has 1 fully saturated rings. The van der Waals surface area contributed by atoms with Gasteiger partial charge in [0.15, 0.2) is 0 Å². The maximum atomic E-state index is 13.5. The first-order chi connectivity index (χ1) is 9.60. The lowest BCUT2D eigenvalue weighted by atomic mass is 10.2. The van der Waals surface area contributed by atoms with Gasteiger partial charge in [0.25, 0.3) is 0 Å². The van der Waals surface area contributed by atoms with Crippen molar-refractivity contribution in [2.75, 3.05) is 12.9 Å². The molecular formula is C14H17F2NO2S. The minimum Gasteiger partial charge on any atom is -0.468 e. The number of hydrogen-bond acceptors (Lipinski definition) is 4. The molecule has 6 heteroatoms. The third kappa shape index (κ3) is 4.45. The third-order valence-electron chi connectivity index (χ3n) is 3.06. The Bertz CT molecular complexity index is 480. The van der Waals surface area contributed by atoms with Gasteiger partial charge in [-0.25, -0.2) is 8.78 Å². The smallest absolute Gasteiger partial charge is 0.322 e. The second kappa shape index (κ2) is 7.04. The number of ether oxygens (including phenoxy) is 1. The van der Waals surface area contributed by atoms with Gasteiger partial charge < -0.3 is 10.1 Å². The number of halogens is 2. The van der Waals surface area contributed by atoms with E-state index in [-0.39, 0.29) is 12.0 Å². The molecular weight excluding hydrogens is 284 g/mol. The van der Waals surface area contributed by atoms with Crippen molar-refractivity contribution in [3.63, 3.8) is 0 Å². The molecule has 0 radical (unpaired) electrons. The average Bonchev–Trinajstić information content (AvgIpc) is 3.23. The van der Waals surface area contributed by atoms with Gasteiger partial charge >= 0.3 is 5.97 Å². The van der Waals surface area contributed by atoms with Crippen LogP contribution in [0.4, 0.5) is 8.78 Å². The Morgan fingerprint density at radius 3 is 2.85 bits per heavy atom. The van der Waals surface area contributed by atoms with Crippen molar-refractivity contribution >= 4 is 17.7 Å². The van der Waals surface area contributed by atoms with E-state index < -0.39 is 11.6 Å². The van der Waals surface area contributed by atoms with Crippen LogP contribution in [0.3, 0.4) is 0 Å². The van der Waals surface area contributed by atoms with Crippen LogP contribution in [0.15, 0.2) is 23.1 Å². The molecule has 1 aliphatic carbocycles. The number of thioether (sulfide) groups is 1. The standard InChI is InChI=1S/C14H17F2NO2S/c1-19-14(18)12(17-10-3-4-10)6-7-20-13-5-2-9(15)8-11(13)16/h2,5,8,10,12,17H,3-4,6-7H2,1H3. The summed E-state index contributed by atoms with van der Waals surface area (Å²) in [5.74, 6) is -0.895. The maximum absolute atomic E-state index is 13.5. The largest absolute Gasteiger partial charge is 0.468 e. The van der Waals surface area contributed by atoms with Crippen molar-refractivity contribution in [2.24, 2.45) is 0 Å². The molecule has 0 spiro atoms. The normalized spacial score (nSPS) is 15.9. The lowest BCUT2D eigenvalue weighted by molar-refractivity contribution is -0.143. The van der Waals surface area contributed by atoms with Crippen LogP contribution < -0.4 is 5.32 Å². The van der Waals surface area contributed by atoms with E-state index in [1.54, 1.807) is 0 Å². The summed E-state index contributed by atoms with van der Waals surface area (Å²) in [5.41, 5.74) is 0. The van der Waals surface area contributed by atoms with Crippen molar-refractivity contribution in [1.82, 2.24) is 5.32 Å². The first kappa shape index (κ1) is 15.3. The zero-order valence-electron chi connectivity index (χ0n) is 11.2. The molecule has 1 unspecified atom stereocenters. The van der Waals surface area contributed by atoms with Gasteiger partial charge in [-0.1, -0.05) is 0 Å². The highest BCUT2D eigenvalue weighted by molar-refractivity contribution is 7.99. The van der Waals surface area contributed by atoms with Crippen LogP contribution in [0, 0.1) is 11.6 Å². The van der Waals surface area contributed by atoms with Gasteiger partial charge in [-0.2, -0.15) is 0 Å². The van der Waals surface area contributed by atoms with Crippen molar-refractivity contribution in [3.05, 3.63) is 29.8 Å². The fraction of sp³-hybridized carbons (Fsp3) is 0.500. The van der Waals surface area contributed by atoms with E-state index in [1.165, 1.54) is 31.0 Å². The molecule has 0 aromatic heterocycles. The SMILES string of the molecule is COC(=O)C(CCSc1ccc(F)cc1F)NC1CC1. The molecule has 0 saturated heterocycles. The van der Waals surface area contributed by atoms with E-state index in [0.717, 1.165) is 18.9 Å². The summed E-state index contributed by atoms with van der Waals surface area (Å²) in [6.07, 6.45) is 2.70. The van der Waals surface area contributed by atoms with E-state index >= 15 is 0 Å². The van der Waals surface area contributed by atoms with Gasteiger partial charge in [0.2, 0.25) is 0 Å². The Morgan fingerprint density at radius 1 is 1.50 bits per heavy atom. The summed E-state index contributed by atoms with van der Waals surface area (Å²) >= 11 is 1.27. The second-order valence-electron chi connectivity index (χ2n) is 4.73. The van der Waals surface area contributed by atoms with E-state index in [1.807, 2.05) is 0 Å². The Kier molecular flexibility index (Phi) is 5.37. The number of carbonyl (C=O) groups is 1. The molecule has 1 aliphatic rings. The highest BCUT2D eigenvalue weighted by Gasteiger charge is 2.28. The molecule has 2 rings (SSSR count). The molecule has 3 nitrogen and oxygen atoms in total. The number of methoxy groups -OCH3 is 1. The summed E-state index contributed by atoms with van der Waals surface area (Å²) in [4.78, 5) is 12.0. The van der Waals surface area contributed by atoms with Crippen LogP contribution in [0.25, 0.3) is 0 Å². The Morgan fingerprint density at radius 2 is 2.25 bits per heavy atom. The highest BCUT2D eigenvalue weighted by Crippen LogP contribution is 2.25. The van der Waals surface area contributed by atoms with Crippen LogP contribution in [-0.2, 0) is 9.53 Å². The first-order valence-corrected chi connectivity index (χ1v) is 7.50. The minimum atomic E-state index is -0.588. The third-order valence-corrected chi connectivity index (χ3v) is 4.14. The molecule has 1 aromatic carbocycles. The summed E-state index contributed by atoms with van der Waals surface area (Å²) in [5, 5.41) is 3.21. The Balaban J connectivity index is 1.84. The van der Waals surface area contributed by atoms with Gasteiger partial charge in [-0.05, 0) is 31.4 Å². The van der Waals surface area contributed by atoms with Crippen molar-refractivity contribution in [3.8, 4) is 0 Å². The maximum Gasteiger partial charge on any atom is 0.322 e. The average molecular weight is 301 g/mol. The van der Waals surface area contributed by atoms with Crippen LogP contribution in [0.2, 0.25) is 0 Å². The fourth-order valence-electron chi connectivity index (χ4n) is 1.83. The first-order valence-electron chi connectivity index (χ1n) is 6.52. The molecule has 0 aliphatic heterocycles. The lowest BCUT2D eigenvalue weighted by Gasteiger charge is -2.15. The predicted molar refractivity (Wildman–Crippen MR) is 73.7 cm³/mol. The zero-order chi connectivity index (χ0) is 14.5. The summed E-state index contributed by atoms with van der Waals surface area (Å²) in [6.45, 7) is 0. The highest BCUT2D eigenvalue weighted by atomic mass is 32.2. The number of esters is 1. The van der Waals surface area contributed by atoms with E-state index in [0.29, 0.717) is 23.1 Å². The topological polar surface area (TPSA) is 38.3 Å². The number of hydrogen-bond donors (Lipinski definition) is 1. The number of benzene rings is 1. The molecule has 1 aromatic rings. The molecule has 0 bridgehead atoms. The molecule has 0 amide bonds. The molecule has 1 saturated carbocycles. The van der Waals surface area contributed by atoms with E-state index in [2.05, 4.69) is 5.32 Å². The zero-order valence-corrected chi connectivity index (χ0v) is 12.0. The molecule has 1 atom stereocenters. The quantitative estimate of drug-likeness (QED) is 0.621. The summed E-state index contributed by atoms with van der Waals surface area (Å²) in [6, 6.07) is 3.54. The van der Waals surface area contributed by atoms with Crippen LogP contribution >= 0.6 is 11.8 Å². The molecule has 0 heterocycles. The van der Waals surface area contributed by atoms with Gasteiger partial charge in [-0.15, -0.1) is 11.8 Å². The van der Waals surface area contributed by atoms with Gasteiger partial charge in [0.05, 0.1) is 7.11 Å². The molecule has 1 N–H and O–H groups in total.